The molecule has 0 atom stereocenters. The van der Waals surface area contributed by atoms with Crippen molar-refractivity contribution in [1.29, 1.82) is 0 Å². The Bertz CT molecular complexity index is 864. The minimum Gasteiger partial charge on any atom is -0.492 e. The molecule has 2 amide bonds. The van der Waals surface area contributed by atoms with E-state index in [9.17, 15) is 9.59 Å². The van der Waals surface area contributed by atoms with E-state index in [4.69, 9.17) is 4.74 Å². The molecule has 0 bridgehead atoms. The Morgan fingerprint density at radius 2 is 1.77 bits per heavy atom. The van der Waals surface area contributed by atoms with Gasteiger partial charge in [0, 0.05) is 44.1 Å². The highest BCUT2D eigenvalue weighted by Gasteiger charge is 2.26. The van der Waals surface area contributed by atoms with Crippen molar-refractivity contribution in [3.63, 3.8) is 0 Å². The van der Waals surface area contributed by atoms with Crippen molar-refractivity contribution in [2.75, 3.05) is 52.4 Å². The maximum atomic E-state index is 13.4. The zero-order valence-corrected chi connectivity index (χ0v) is 19.6. The summed E-state index contributed by atoms with van der Waals surface area (Å²) < 4.78 is 5.81. The number of carbonyl (C=O) groups is 2. The van der Waals surface area contributed by atoms with Crippen molar-refractivity contribution in [3.8, 4) is 16.2 Å². The summed E-state index contributed by atoms with van der Waals surface area (Å²) >= 11 is 1.49. The molecule has 7 heteroatoms. The number of carbonyl (C=O) groups excluding carboxylic acids is 2. The van der Waals surface area contributed by atoms with Crippen LogP contribution in [0.15, 0.2) is 36.4 Å². The van der Waals surface area contributed by atoms with Crippen molar-refractivity contribution in [3.05, 3.63) is 41.3 Å². The average molecular weight is 444 g/mol. The van der Waals surface area contributed by atoms with Crippen molar-refractivity contribution in [1.82, 2.24) is 14.7 Å². The van der Waals surface area contributed by atoms with Gasteiger partial charge in [-0.1, -0.05) is 30.3 Å². The highest BCUT2D eigenvalue weighted by molar-refractivity contribution is 7.17. The molecule has 1 saturated heterocycles. The van der Waals surface area contributed by atoms with Gasteiger partial charge in [-0.2, -0.15) is 0 Å². The van der Waals surface area contributed by atoms with Gasteiger partial charge in [0.25, 0.3) is 5.91 Å². The number of thiophene rings is 1. The van der Waals surface area contributed by atoms with Crippen LogP contribution in [0.2, 0.25) is 0 Å². The Hall–Kier alpha value is -2.38. The first-order chi connectivity index (χ1) is 15.1. The number of amides is 2. The molecule has 2 aromatic rings. The van der Waals surface area contributed by atoms with Gasteiger partial charge in [0.15, 0.2) is 0 Å². The molecule has 0 radical (unpaired) electrons. The molecule has 0 unspecified atom stereocenters. The number of hydrogen-bond donors (Lipinski definition) is 0. The van der Waals surface area contributed by atoms with Crippen LogP contribution in [-0.4, -0.2) is 78.9 Å². The number of hydrogen-bond acceptors (Lipinski definition) is 5. The fourth-order valence-corrected chi connectivity index (χ4v) is 4.95. The fourth-order valence-electron chi connectivity index (χ4n) is 3.87. The number of rotatable bonds is 8. The highest BCUT2D eigenvalue weighted by atomic mass is 32.1. The van der Waals surface area contributed by atoms with E-state index in [2.05, 4.69) is 4.90 Å². The minimum absolute atomic E-state index is 0.0209. The quantitative estimate of drug-likeness (QED) is 0.622. The normalized spacial score (nSPS) is 14.9. The summed E-state index contributed by atoms with van der Waals surface area (Å²) in [5, 5.41) is 0. The molecule has 6 nitrogen and oxygen atoms in total. The van der Waals surface area contributed by atoms with Crippen LogP contribution in [0, 0.1) is 0 Å². The van der Waals surface area contributed by atoms with Crippen LogP contribution in [0.5, 0.6) is 5.75 Å². The standard InChI is InChI=1S/C24H33N3O3S/c1-4-26(5-2)22(28)18-25-13-10-14-27(16-15-25)24(29)23-20(30-6-3)17-21(31-23)19-11-8-7-9-12-19/h7-9,11-12,17H,4-6,10,13-16,18H2,1-3H3. The van der Waals surface area contributed by atoms with Crippen LogP contribution in [0.3, 0.4) is 0 Å². The molecule has 0 aliphatic carbocycles. The third-order valence-electron chi connectivity index (χ3n) is 5.60. The molecule has 1 aromatic carbocycles. The van der Waals surface area contributed by atoms with Crippen molar-refractivity contribution < 1.29 is 14.3 Å². The van der Waals surface area contributed by atoms with Gasteiger partial charge in [0.2, 0.25) is 5.91 Å². The van der Waals surface area contributed by atoms with Gasteiger partial charge >= 0.3 is 0 Å². The molecule has 1 aromatic heterocycles. The van der Waals surface area contributed by atoms with E-state index in [1.807, 2.05) is 67.0 Å². The van der Waals surface area contributed by atoms with Gasteiger partial charge in [-0.05, 0) is 38.8 Å². The second-order valence-electron chi connectivity index (χ2n) is 7.59. The molecular weight excluding hydrogens is 410 g/mol. The smallest absolute Gasteiger partial charge is 0.267 e. The summed E-state index contributed by atoms with van der Waals surface area (Å²) in [7, 11) is 0. The maximum absolute atomic E-state index is 13.4. The van der Waals surface area contributed by atoms with Crippen LogP contribution >= 0.6 is 11.3 Å². The monoisotopic (exact) mass is 443 g/mol. The van der Waals surface area contributed by atoms with E-state index in [0.29, 0.717) is 43.4 Å². The third kappa shape index (κ3) is 5.86. The predicted molar refractivity (Wildman–Crippen MR) is 126 cm³/mol. The molecule has 3 rings (SSSR count). The highest BCUT2D eigenvalue weighted by Crippen LogP contribution is 2.37. The summed E-state index contributed by atoms with van der Waals surface area (Å²) in [6.07, 6.45) is 0.859. The molecule has 1 aliphatic heterocycles. The zero-order valence-electron chi connectivity index (χ0n) is 18.8. The third-order valence-corrected chi connectivity index (χ3v) is 6.75. The lowest BCUT2D eigenvalue weighted by Gasteiger charge is -2.25. The van der Waals surface area contributed by atoms with E-state index in [0.717, 1.165) is 36.5 Å². The molecule has 2 heterocycles. The Labute approximate surface area is 189 Å². The fraction of sp³-hybridized carbons (Fsp3) is 0.500. The average Bonchev–Trinajstić information content (AvgIpc) is 3.06. The Morgan fingerprint density at radius 1 is 1.03 bits per heavy atom. The summed E-state index contributed by atoms with van der Waals surface area (Å²) in [6, 6.07) is 12.1. The SMILES string of the molecule is CCOc1cc(-c2ccccc2)sc1C(=O)N1CCCN(CC(=O)N(CC)CC)CC1. The van der Waals surface area contributed by atoms with E-state index in [1.165, 1.54) is 11.3 Å². The topological polar surface area (TPSA) is 53.1 Å². The summed E-state index contributed by atoms with van der Waals surface area (Å²) in [4.78, 5) is 33.5. The van der Waals surface area contributed by atoms with Gasteiger partial charge in [0.05, 0.1) is 13.2 Å². The summed E-state index contributed by atoms with van der Waals surface area (Å²) in [5.74, 6) is 0.843. The van der Waals surface area contributed by atoms with Crippen molar-refractivity contribution in [2.45, 2.75) is 27.2 Å². The minimum atomic E-state index is 0.0209. The Kier molecular flexibility index (Phi) is 8.49. The maximum Gasteiger partial charge on any atom is 0.267 e. The molecule has 0 N–H and O–H groups in total. The number of ether oxygens (including phenoxy) is 1. The van der Waals surface area contributed by atoms with Gasteiger partial charge < -0.3 is 14.5 Å². The van der Waals surface area contributed by atoms with E-state index in [1.54, 1.807) is 0 Å². The molecular formula is C24H33N3O3S. The summed E-state index contributed by atoms with van der Waals surface area (Å²) in [6.45, 7) is 11.2. The van der Waals surface area contributed by atoms with Crippen molar-refractivity contribution >= 4 is 23.2 Å². The second-order valence-corrected chi connectivity index (χ2v) is 8.64. The van der Waals surface area contributed by atoms with Crippen LogP contribution in [0.25, 0.3) is 10.4 Å². The Morgan fingerprint density at radius 3 is 2.45 bits per heavy atom. The lowest BCUT2D eigenvalue weighted by molar-refractivity contribution is -0.132. The van der Waals surface area contributed by atoms with Gasteiger partial charge in [-0.25, -0.2) is 0 Å². The molecule has 168 valence electrons. The molecule has 1 fully saturated rings. The summed E-state index contributed by atoms with van der Waals surface area (Å²) in [5.41, 5.74) is 1.09. The van der Waals surface area contributed by atoms with Crippen LogP contribution in [0.1, 0.15) is 36.9 Å². The number of likely N-dealkylation sites (N-methyl/N-ethyl adjacent to an activating group) is 1. The van der Waals surface area contributed by atoms with Crippen LogP contribution < -0.4 is 4.74 Å². The molecule has 1 aliphatic rings. The first kappa shape index (κ1) is 23.3. The van der Waals surface area contributed by atoms with Gasteiger partial charge in [-0.15, -0.1) is 11.3 Å². The lowest BCUT2D eigenvalue weighted by Crippen LogP contribution is -2.42. The molecule has 31 heavy (non-hydrogen) atoms. The first-order valence-electron chi connectivity index (χ1n) is 11.2. The number of nitrogens with zero attached hydrogens (tertiary/aromatic N) is 3. The van der Waals surface area contributed by atoms with E-state index >= 15 is 0 Å². The largest absolute Gasteiger partial charge is 0.492 e. The predicted octanol–water partition coefficient (Wildman–Crippen LogP) is 3.83. The zero-order chi connectivity index (χ0) is 22.2. The van der Waals surface area contributed by atoms with Crippen molar-refractivity contribution in [2.24, 2.45) is 0 Å². The molecule has 0 spiro atoms. The number of benzene rings is 1. The van der Waals surface area contributed by atoms with Crippen LogP contribution in [0.4, 0.5) is 0 Å². The second kappa shape index (κ2) is 11.3. The lowest BCUT2D eigenvalue weighted by atomic mass is 10.2. The Balaban J connectivity index is 1.70. The van der Waals surface area contributed by atoms with Gasteiger partial charge in [-0.3, -0.25) is 14.5 Å². The van der Waals surface area contributed by atoms with Crippen LogP contribution in [-0.2, 0) is 4.79 Å². The first-order valence-corrected chi connectivity index (χ1v) is 12.0. The molecule has 0 saturated carbocycles. The van der Waals surface area contributed by atoms with E-state index < -0.39 is 0 Å². The van der Waals surface area contributed by atoms with E-state index in [-0.39, 0.29) is 11.8 Å². The van der Waals surface area contributed by atoms with Gasteiger partial charge in [0.1, 0.15) is 10.6 Å².